The molecule has 0 saturated heterocycles. The first kappa shape index (κ1) is 16.9. The summed E-state index contributed by atoms with van der Waals surface area (Å²) < 4.78 is 1.38. The molecular weight excluding hydrogens is 314 g/mol. The molecule has 0 saturated carbocycles. The number of amides is 1. The van der Waals surface area contributed by atoms with Crippen LogP contribution < -0.4 is 5.32 Å². The number of benzene rings is 2. The van der Waals surface area contributed by atoms with Crippen LogP contribution in [0, 0.1) is 13.8 Å². The molecule has 1 N–H and O–H groups in total. The zero-order chi connectivity index (χ0) is 17.8. The molecule has 0 fully saturated rings. The third-order valence-electron chi connectivity index (χ3n) is 4.26. The Balaban J connectivity index is 1.56. The van der Waals surface area contributed by atoms with E-state index >= 15 is 0 Å². The highest BCUT2D eigenvalue weighted by Crippen LogP contribution is 2.16. The largest absolute Gasteiger partial charge is 0.352 e. The monoisotopic (exact) mass is 335 g/mol. The fourth-order valence-corrected chi connectivity index (χ4v) is 2.77. The summed E-state index contributed by atoms with van der Waals surface area (Å²) in [6, 6.07) is 13.7. The number of rotatable bonds is 5. The van der Waals surface area contributed by atoms with Crippen LogP contribution in [0.2, 0.25) is 0 Å². The first-order chi connectivity index (χ1) is 12.0. The van der Waals surface area contributed by atoms with E-state index in [0.717, 1.165) is 27.6 Å². The lowest BCUT2D eigenvalue weighted by Gasteiger charge is -2.08. The van der Waals surface area contributed by atoms with Gasteiger partial charge in [-0.25, -0.2) is 4.68 Å². The van der Waals surface area contributed by atoms with E-state index in [1.165, 1.54) is 4.68 Å². The fraction of sp³-hybridized carbons (Fsp3) is 0.250. The van der Waals surface area contributed by atoms with Crippen LogP contribution in [0.25, 0.3) is 10.9 Å². The average Bonchev–Trinajstić information content (AvgIpc) is 3.02. The molecular formula is C20H21N3O2. The molecule has 0 atom stereocenters. The number of hydrogen-bond acceptors (Lipinski definition) is 3. The average molecular weight is 335 g/mol. The van der Waals surface area contributed by atoms with Gasteiger partial charge in [0.2, 0.25) is 11.8 Å². The number of nitrogens with zero attached hydrogens (tertiary/aromatic N) is 2. The second-order valence-corrected chi connectivity index (χ2v) is 6.22. The summed E-state index contributed by atoms with van der Waals surface area (Å²) in [4.78, 5) is 24.4. The maximum atomic E-state index is 12.4. The third-order valence-corrected chi connectivity index (χ3v) is 4.26. The van der Waals surface area contributed by atoms with Crippen molar-refractivity contribution in [3.8, 4) is 0 Å². The number of aryl methyl sites for hydroxylation is 2. The van der Waals surface area contributed by atoms with Crippen LogP contribution in [-0.2, 0) is 11.3 Å². The van der Waals surface area contributed by atoms with Crippen LogP contribution in [0.4, 0.5) is 0 Å². The van der Waals surface area contributed by atoms with Crippen molar-refractivity contribution in [2.45, 2.75) is 33.2 Å². The maximum absolute atomic E-state index is 12.4. The highest BCUT2D eigenvalue weighted by Gasteiger charge is 2.13. The van der Waals surface area contributed by atoms with E-state index in [0.29, 0.717) is 6.54 Å². The van der Waals surface area contributed by atoms with Gasteiger partial charge in [-0.15, -0.1) is 0 Å². The first-order valence-electron chi connectivity index (χ1n) is 8.33. The first-order valence-corrected chi connectivity index (χ1v) is 8.33. The van der Waals surface area contributed by atoms with Crippen molar-refractivity contribution in [1.82, 2.24) is 15.1 Å². The SMILES string of the molecule is Cc1ccc2c(cnn2C(=O)CCC(=O)NCc2ccccc2C)c1. The lowest BCUT2D eigenvalue weighted by atomic mass is 10.1. The van der Waals surface area contributed by atoms with Crippen molar-refractivity contribution in [3.05, 3.63) is 65.4 Å². The molecule has 0 spiro atoms. The summed E-state index contributed by atoms with van der Waals surface area (Å²) in [5.41, 5.74) is 4.11. The van der Waals surface area contributed by atoms with Gasteiger partial charge in [-0.05, 0) is 37.1 Å². The summed E-state index contributed by atoms with van der Waals surface area (Å²) in [7, 11) is 0. The van der Waals surface area contributed by atoms with Crippen molar-refractivity contribution < 1.29 is 9.59 Å². The zero-order valence-electron chi connectivity index (χ0n) is 14.5. The van der Waals surface area contributed by atoms with Crippen LogP contribution in [0.3, 0.4) is 0 Å². The minimum Gasteiger partial charge on any atom is -0.352 e. The molecule has 128 valence electrons. The van der Waals surface area contributed by atoms with Crippen LogP contribution in [0.5, 0.6) is 0 Å². The number of aromatic nitrogens is 2. The maximum Gasteiger partial charge on any atom is 0.247 e. The smallest absolute Gasteiger partial charge is 0.247 e. The molecule has 0 aliphatic rings. The van der Waals surface area contributed by atoms with Gasteiger partial charge in [-0.3, -0.25) is 9.59 Å². The Morgan fingerprint density at radius 2 is 1.88 bits per heavy atom. The summed E-state index contributed by atoms with van der Waals surface area (Å²) in [5, 5.41) is 7.95. The molecule has 2 aromatic carbocycles. The molecule has 0 aliphatic carbocycles. The topological polar surface area (TPSA) is 64.0 Å². The summed E-state index contributed by atoms with van der Waals surface area (Å²) >= 11 is 0. The summed E-state index contributed by atoms with van der Waals surface area (Å²) in [6.45, 7) is 4.48. The summed E-state index contributed by atoms with van der Waals surface area (Å²) in [5.74, 6) is -0.311. The minimum absolute atomic E-state index is 0.129. The van der Waals surface area contributed by atoms with Crippen molar-refractivity contribution in [2.24, 2.45) is 0 Å². The molecule has 0 bridgehead atoms. The molecule has 1 heterocycles. The van der Waals surface area contributed by atoms with Gasteiger partial charge in [-0.1, -0.05) is 35.9 Å². The molecule has 3 aromatic rings. The van der Waals surface area contributed by atoms with E-state index in [1.807, 2.05) is 56.3 Å². The normalized spacial score (nSPS) is 10.8. The van der Waals surface area contributed by atoms with Gasteiger partial charge >= 0.3 is 0 Å². The molecule has 0 radical (unpaired) electrons. The Hall–Kier alpha value is -2.95. The molecule has 0 aliphatic heterocycles. The van der Waals surface area contributed by atoms with Gasteiger partial charge in [0, 0.05) is 24.8 Å². The highest BCUT2D eigenvalue weighted by atomic mass is 16.2. The predicted octanol–water partition coefficient (Wildman–Crippen LogP) is 3.39. The molecule has 0 unspecified atom stereocenters. The number of nitrogens with one attached hydrogen (secondary N) is 1. The van der Waals surface area contributed by atoms with Gasteiger partial charge in [-0.2, -0.15) is 5.10 Å². The van der Waals surface area contributed by atoms with Crippen LogP contribution in [0.15, 0.2) is 48.7 Å². The lowest BCUT2D eigenvalue weighted by Crippen LogP contribution is -2.24. The Kier molecular flexibility index (Phi) is 4.93. The number of carbonyl (C=O) groups is 2. The zero-order valence-corrected chi connectivity index (χ0v) is 14.5. The van der Waals surface area contributed by atoms with E-state index < -0.39 is 0 Å². The van der Waals surface area contributed by atoms with Gasteiger partial charge < -0.3 is 5.32 Å². The Morgan fingerprint density at radius 3 is 2.68 bits per heavy atom. The molecule has 1 amide bonds. The lowest BCUT2D eigenvalue weighted by molar-refractivity contribution is -0.121. The quantitative estimate of drug-likeness (QED) is 0.777. The van der Waals surface area contributed by atoms with Crippen LogP contribution in [0.1, 0.15) is 34.3 Å². The Bertz CT molecular complexity index is 928. The third kappa shape index (κ3) is 3.94. The molecule has 5 nitrogen and oxygen atoms in total. The van der Waals surface area contributed by atoms with E-state index in [4.69, 9.17) is 0 Å². The molecule has 25 heavy (non-hydrogen) atoms. The highest BCUT2D eigenvalue weighted by molar-refractivity contribution is 5.92. The van der Waals surface area contributed by atoms with Crippen LogP contribution in [-0.4, -0.2) is 21.6 Å². The second kappa shape index (κ2) is 7.30. The van der Waals surface area contributed by atoms with Gasteiger partial charge in [0.05, 0.1) is 11.7 Å². The van der Waals surface area contributed by atoms with E-state index in [1.54, 1.807) is 6.20 Å². The van der Waals surface area contributed by atoms with Crippen molar-refractivity contribution >= 4 is 22.7 Å². The van der Waals surface area contributed by atoms with Crippen LogP contribution >= 0.6 is 0 Å². The van der Waals surface area contributed by atoms with E-state index in [2.05, 4.69) is 10.4 Å². The number of hydrogen-bond donors (Lipinski definition) is 1. The molecule has 1 aromatic heterocycles. The van der Waals surface area contributed by atoms with E-state index in [9.17, 15) is 9.59 Å². The van der Waals surface area contributed by atoms with Crippen molar-refractivity contribution in [1.29, 1.82) is 0 Å². The van der Waals surface area contributed by atoms with Crippen molar-refractivity contribution in [3.63, 3.8) is 0 Å². The standard InChI is InChI=1S/C20H21N3O2/c1-14-7-8-18-17(11-14)13-22-23(18)20(25)10-9-19(24)21-12-16-6-4-3-5-15(16)2/h3-8,11,13H,9-10,12H2,1-2H3,(H,21,24). The second-order valence-electron chi connectivity index (χ2n) is 6.22. The van der Waals surface area contributed by atoms with Crippen molar-refractivity contribution in [2.75, 3.05) is 0 Å². The summed E-state index contributed by atoms with van der Waals surface area (Å²) in [6.07, 6.45) is 1.96. The number of fused-ring (bicyclic) bond motifs is 1. The van der Waals surface area contributed by atoms with Gasteiger partial charge in [0.25, 0.3) is 0 Å². The molecule has 3 rings (SSSR count). The fourth-order valence-electron chi connectivity index (χ4n) is 2.77. The van der Waals surface area contributed by atoms with Gasteiger partial charge in [0.15, 0.2) is 0 Å². The van der Waals surface area contributed by atoms with Gasteiger partial charge in [0.1, 0.15) is 0 Å². The Labute approximate surface area is 146 Å². The molecule has 5 heteroatoms. The number of carbonyl (C=O) groups excluding carboxylic acids is 2. The minimum atomic E-state index is -0.176. The predicted molar refractivity (Wildman–Crippen MR) is 97.4 cm³/mol. The van der Waals surface area contributed by atoms with E-state index in [-0.39, 0.29) is 24.7 Å². The Morgan fingerprint density at radius 1 is 1.08 bits per heavy atom.